The highest BCUT2D eigenvalue weighted by Gasteiger charge is 2.16. The Balaban J connectivity index is 1.74. The molecule has 2 N–H and O–H groups in total. The molecule has 3 heterocycles. The van der Waals surface area contributed by atoms with Crippen LogP contribution in [0.4, 0.5) is 0 Å². The van der Waals surface area contributed by atoms with Gasteiger partial charge in [-0.25, -0.2) is 4.98 Å². The average molecular weight is 229 g/mol. The summed E-state index contributed by atoms with van der Waals surface area (Å²) < 4.78 is 0. The molecule has 0 aliphatic carbocycles. The molecule has 2 aromatic rings. The average Bonchev–Trinajstić information content (AvgIpc) is 3.02. The van der Waals surface area contributed by atoms with E-state index in [9.17, 15) is 0 Å². The highest BCUT2D eigenvalue weighted by molar-refractivity contribution is 5.51. The molecule has 0 bridgehead atoms. The first-order valence-corrected chi connectivity index (χ1v) is 5.95. The monoisotopic (exact) mass is 229 g/mol. The van der Waals surface area contributed by atoms with Crippen LogP contribution < -0.4 is 5.32 Å². The van der Waals surface area contributed by atoms with Crippen LogP contribution in [0.1, 0.15) is 18.7 Å². The minimum Gasteiger partial charge on any atom is -0.341 e. The van der Waals surface area contributed by atoms with E-state index in [2.05, 4.69) is 25.3 Å². The number of aromatic amines is 1. The molecule has 2 aromatic heterocycles. The van der Waals surface area contributed by atoms with Crippen molar-refractivity contribution in [2.24, 2.45) is 0 Å². The summed E-state index contributed by atoms with van der Waals surface area (Å²) in [5.41, 5.74) is 1.77. The van der Waals surface area contributed by atoms with E-state index in [0.29, 0.717) is 6.04 Å². The lowest BCUT2D eigenvalue weighted by atomic mass is 10.1. The Labute approximate surface area is 99.7 Å². The number of hydrogen-bond acceptors (Lipinski definition) is 4. The van der Waals surface area contributed by atoms with Crippen LogP contribution in [0, 0.1) is 0 Å². The number of hydrogen-bond donors (Lipinski definition) is 2. The van der Waals surface area contributed by atoms with Gasteiger partial charge in [-0.3, -0.25) is 9.97 Å². The van der Waals surface area contributed by atoms with Gasteiger partial charge < -0.3 is 10.3 Å². The Morgan fingerprint density at radius 2 is 2.24 bits per heavy atom. The van der Waals surface area contributed by atoms with E-state index in [1.54, 1.807) is 18.6 Å². The Morgan fingerprint density at radius 3 is 3.00 bits per heavy atom. The maximum absolute atomic E-state index is 4.39. The molecule has 1 aliphatic heterocycles. The quantitative estimate of drug-likeness (QED) is 0.829. The third-order valence-electron chi connectivity index (χ3n) is 3.07. The molecule has 1 atom stereocenters. The van der Waals surface area contributed by atoms with Gasteiger partial charge in [0.25, 0.3) is 0 Å². The Morgan fingerprint density at radius 1 is 1.24 bits per heavy atom. The van der Waals surface area contributed by atoms with E-state index in [1.807, 2.05) is 6.20 Å². The molecule has 0 saturated carbocycles. The van der Waals surface area contributed by atoms with Crippen molar-refractivity contribution < 1.29 is 0 Å². The molecule has 1 unspecified atom stereocenters. The first-order chi connectivity index (χ1) is 8.42. The number of aromatic nitrogens is 4. The van der Waals surface area contributed by atoms with Gasteiger partial charge in [-0.05, 0) is 19.4 Å². The van der Waals surface area contributed by atoms with Crippen molar-refractivity contribution in [2.45, 2.75) is 25.3 Å². The van der Waals surface area contributed by atoms with Crippen LogP contribution in [-0.2, 0) is 6.42 Å². The standard InChI is InChI=1S/C12H15N5/c1-2-9(14-3-1)6-12-16-8-11(17-12)10-7-13-4-5-15-10/h4-5,7-9,14H,1-3,6H2,(H,16,17). The first-order valence-electron chi connectivity index (χ1n) is 5.95. The Bertz CT molecular complexity index is 473. The highest BCUT2D eigenvalue weighted by atomic mass is 15.0. The predicted octanol–water partition coefficient (Wildman–Crippen LogP) is 1.16. The third kappa shape index (κ3) is 2.34. The summed E-state index contributed by atoms with van der Waals surface area (Å²) in [6.07, 6.45) is 10.4. The molecule has 0 spiro atoms. The van der Waals surface area contributed by atoms with E-state index in [4.69, 9.17) is 0 Å². The number of imidazole rings is 1. The fourth-order valence-electron chi connectivity index (χ4n) is 2.20. The zero-order valence-electron chi connectivity index (χ0n) is 9.56. The van der Waals surface area contributed by atoms with Crippen LogP contribution in [0.3, 0.4) is 0 Å². The normalized spacial score (nSPS) is 19.6. The minimum absolute atomic E-state index is 0.566. The van der Waals surface area contributed by atoms with Crippen LogP contribution >= 0.6 is 0 Å². The predicted molar refractivity (Wildman–Crippen MR) is 64.3 cm³/mol. The molecular weight excluding hydrogens is 214 g/mol. The molecule has 3 rings (SSSR count). The number of nitrogens with zero attached hydrogens (tertiary/aromatic N) is 3. The fourth-order valence-corrected chi connectivity index (χ4v) is 2.20. The largest absolute Gasteiger partial charge is 0.341 e. The van der Waals surface area contributed by atoms with Gasteiger partial charge in [0.05, 0.1) is 18.1 Å². The van der Waals surface area contributed by atoms with Gasteiger partial charge >= 0.3 is 0 Å². The molecule has 1 fully saturated rings. The van der Waals surface area contributed by atoms with Gasteiger partial charge in [0, 0.05) is 24.9 Å². The zero-order chi connectivity index (χ0) is 11.5. The van der Waals surface area contributed by atoms with Crippen LogP contribution in [0.5, 0.6) is 0 Å². The van der Waals surface area contributed by atoms with Gasteiger partial charge in [-0.2, -0.15) is 0 Å². The van der Waals surface area contributed by atoms with Crippen molar-refractivity contribution in [1.29, 1.82) is 0 Å². The number of nitrogens with one attached hydrogen (secondary N) is 2. The first kappa shape index (κ1) is 10.4. The van der Waals surface area contributed by atoms with Gasteiger partial charge in [0.1, 0.15) is 11.5 Å². The van der Waals surface area contributed by atoms with Gasteiger partial charge in [0.15, 0.2) is 0 Å². The van der Waals surface area contributed by atoms with E-state index >= 15 is 0 Å². The van der Waals surface area contributed by atoms with Crippen LogP contribution in [0.25, 0.3) is 11.4 Å². The highest BCUT2D eigenvalue weighted by Crippen LogP contribution is 2.15. The maximum Gasteiger partial charge on any atom is 0.108 e. The second-order valence-corrected chi connectivity index (χ2v) is 4.33. The van der Waals surface area contributed by atoms with Crippen molar-refractivity contribution in [1.82, 2.24) is 25.3 Å². The molecule has 17 heavy (non-hydrogen) atoms. The summed E-state index contributed by atoms with van der Waals surface area (Å²) in [6.45, 7) is 1.13. The SMILES string of the molecule is c1cnc(-c2cnc(CC3CCCN3)[nH]2)cn1. The maximum atomic E-state index is 4.39. The van der Waals surface area contributed by atoms with Crippen molar-refractivity contribution >= 4 is 0 Å². The topological polar surface area (TPSA) is 66.5 Å². The second kappa shape index (κ2) is 4.63. The molecule has 1 aliphatic rings. The fraction of sp³-hybridized carbons (Fsp3) is 0.417. The van der Waals surface area contributed by atoms with Gasteiger partial charge in [-0.1, -0.05) is 0 Å². The molecule has 88 valence electrons. The van der Waals surface area contributed by atoms with E-state index in [-0.39, 0.29) is 0 Å². The summed E-state index contributed by atoms with van der Waals surface area (Å²) in [7, 11) is 0. The van der Waals surface area contributed by atoms with Crippen molar-refractivity contribution in [2.75, 3.05) is 6.54 Å². The lowest BCUT2D eigenvalue weighted by Gasteiger charge is -2.06. The summed E-state index contributed by atoms with van der Waals surface area (Å²) in [6, 6.07) is 0.566. The molecule has 0 amide bonds. The van der Waals surface area contributed by atoms with Crippen LogP contribution in [-0.4, -0.2) is 32.5 Å². The third-order valence-corrected chi connectivity index (χ3v) is 3.07. The lowest BCUT2D eigenvalue weighted by Crippen LogP contribution is -2.24. The van der Waals surface area contributed by atoms with Crippen molar-refractivity contribution in [3.63, 3.8) is 0 Å². The summed E-state index contributed by atoms with van der Waals surface area (Å²) in [5.74, 6) is 1.02. The zero-order valence-corrected chi connectivity index (χ0v) is 9.56. The summed E-state index contributed by atoms with van der Waals surface area (Å²) >= 11 is 0. The van der Waals surface area contributed by atoms with Crippen LogP contribution in [0.15, 0.2) is 24.8 Å². The smallest absolute Gasteiger partial charge is 0.108 e. The second-order valence-electron chi connectivity index (χ2n) is 4.33. The van der Waals surface area contributed by atoms with Gasteiger partial charge in [-0.15, -0.1) is 0 Å². The van der Waals surface area contributed by atoms with Crippen molar-refractivity contribution in [3.05, 3.63) is 30.6 Å². The van der Waals surface area contributed by atoms with Crippen molar-refractivity contribution in [3.8, 4) is 11.4 Å². The minimum atomic E-state index is 0.566. The molecule has 0 radical (unpaired) electrons. The molecule has 5 heteroatoms. The molecule has 5 nitrogen and oxygen atoms in total. The van der Waals surface area contributed by atoms with E-state index in [1.165, 1.54) is 12.8 Å². The number of rotatable bonds is 3. The Hall–Kier alpha value is -1.75. The van der Waals surface area contributed by atoms with Crippen LogP contribution in [0.2, 0.25) is 0 Å². The Kier molecular flexibility index (Phi) is 2.83. The van der Waals surface area contributed by atoms with E-state index < -0.39 is 0 Å². The van der Waals surface area contributed by atoms with Gasteiger partial charge in [0.2, 0.25) is 0 Å². The molecule has 1 saturated heterocycles. The summed E-state index contributed by atoms with van der Waals surface area (Å²) in [4.78, 5) is 16.0. The number of H-pyrrole nitrogens is 1. The summed E-state index contributed by atoms with van der Waals surface area (Å²) in [5, 5.41) is 3.47. The molecular formula is C12H15N5. The lowest BCUT2D eigenvalue weighted by molar-refractivity contribution is 0.588. The van der Waals surface area contributed by atoms with E-state index in [0.717, 1.165) is 30.2 Å². The molecule has 0 aromatic carbocycles.